The van der Waals surface area contributed by atoms with Crippen LogP contribution in [0, 0.1) is 0 Å². The molecule has 3 heteroatoms. The predicted octanol–water partition coefficient (Wildman–Crippen LogP) is 1.50. The van der Waals surface area contributed by atoms with Crippen molar-refractivity contribution in [1.82, 2.24) is 0 Å². The van der Waals surface area contributed by atoms with E-state index in [4.69, 9.17) is 10.5 Å². The Morgan fingerprint density at radius 2 is 2.07 bits per heavy atom. The highest BCUT2D eigenvalue weighted by molar-refractivity contribution is 5.81. The first-order valence-electron chi connectivity index (χ1n) is 4.67. The topological polar surface area (TPSA) is 52.3 Å². The van der Waals surface area contributed by atoms with Gasteiger partial charge in [0.1, 0.15) is 5.75 Å². The van der Waals surface area contributed by atoms with Crippen LogP contribution in [0.5, 0.6) is 5.75 Å². The van der Waals surface area contributed by atoms with E-state index in [0.29, 0.717) is 5.75 Å². The molecule has 2 rings (SSSR count). The van der Waals surface area contributed by atoms with Gasteiger partial charge in [-0.3, -0.25) is 4.79 Å². The van der Waals surface area contributed by atoms with Crippen molar-refractivity contribution in [3.05, 3.63) is 48.1 Å². The number of nitrogens with two attached hydrogens (primary N) is 1. The lowest BCUT2D eigenvalue weighted by atomic mass is 10.1. The Morgan fingerprint density at radius 3 is 2.87 bits per heavy atom. The van der Waals surface area contributed by atoms with Crippen molar-refractivity contribution in [3.8, 4) is 5.75 Å². The Kier molecular flexibility index (Phi) is 2.54. The van der Waals surface area contributed by atoms with Gasteiger partial charge in [0.15, 0.2) is 6.10 Å². The summed E-state index contributed by atoms with van der Waals surface area (Å²) in [7, 11) is 0. The third-order valence-corrected chi connectivity index (χ3v) is 2.13. The smallest absolute Gasteiger partial charge is 0.262 e. The summed E-state index contributed by atoms with van der Waals surface area (Å²) < 4.78 is 5.49. The second-order valence-corrected chi connectivity index (χ2v) is 3.22. The van der Waals surface area contributed by atoms with E-state index in [-0.39, 0.29) is 0 Å². The zero-order chi connectivity index (χ0) is 10.7. The lowest BCUT2D eigenvalue weighted by molar-refractivity contribution is -0.122. The van der Waals surface area contributed by atoms with Gasteiger partial charge in [0.25, 0.3) is 5.91 Å². The Labute approximate surface area is 87.9 Å². The Balaban J connectivity index is 2.40. The highest BCUT2D eigenvalue weighted by Crippen LogP contribution is 2.22. The van der Waals surface area contributed by atoms with Crippen molar-refractivity contribution in [3.63, 3.8) is 0 Å². The van der Waals surface area contributed by atoms with Gasteiger partial charge in [-0.15, -0.1) is 0 Å². The number of allylic oxidation sites excluding steroid dienone is 2. The van der Waals surface area contributed by atoms with Gasteiger partial charge < -0.3 is 10.5 Å². The first-order valence-corrected chi connectivity index (χ1v) is 4.67. The number of amides is 1. The minimum atomic E-state index is -0.698. The Morgan fingerprint density at radius 1 is 1.27 bits per heavy atom. The van der Waals surface area contributed by atoms with E-state index in [9.17, 15) is 4.79 Å². The van der Waals surface area contributed by atoms with E-state index in [2.05, 4.69) is 0 Å². The second kappa shape index (κ2) is 4.00. The van der Waals surface area contributed by atoms with E-state index < -0.39 is 12.0 Å². The highest BCUT2D eigenvalue weighted by Gasteiger charge is 2.15. The molecule has 0 radical (unpaired) electrons. The summed E-state index contributed by atoms with van der Waals surface area (Å²) in [4.78, 5) is 11.1. The quantitative estimate of drug-likeness (QED) is 0.748. The number of primary amides is 1. The van der Waals surface area contributed by atoms with Crippen molar-refractivity contribution in [2.24, 2.45) is 5.73 Å². The molecule has 1 unspecified atom stereocenters. The highest BCUT2D eigenvalue weighted by atomic mass is 16.5. The summed E-state index contributed by atoms with van der Waals surface area (Å²) in [6.45, 7) is 0. The third kappa shape index (κ3) is 2.07. The van der Waals surface area contributed by atoms with Crippen molar-refractivity contribution < 1.29 is 9.53 Å². The van der Waals surface area contributed by atoms with Crippen molar-refractivity contribution >= 4 is 12.0 Å². The zero-order valence-corrected chi connectivity index (χ0v) is 8.09. The van der Waals surface area contributed by atoms with Crippen LogP contribution in [0.15, 0.2) is 42.5 Å². The molecule has 0 aliphatic carbocycles. The van der Waals surface area contributed by atoms with Crippen LogP contribution in [0.25, 0.3) is 6.08 Å². The summed E-state index contributed by atoms with van der Waals surface area (Å²) in [5, 5.41) is 0. The van der Waals surface area contributed by atoms with Gasteiger partial charge >= 0.3 is 0 Å². The first kappa shape index (κ1) is 9.52. The number of hydrogen-bond acceptors (Lipinski definition) is 2. The van der Waals surface area contributed by atoms with E-state index in [0.717, 1.165) is 5.56 Å². The molecule has 1 aliphatic heterocycles. The summed E-state index contributed by atoms with van der Waals surface area (Å²) in [5.41, 5.74) is 6.14. The van der Waals surface area contributed by atoms with E-state index in [1.807, 2.05) is 36.4 Å². The van der Waals surface area contributed by atoms with Crippen LogP contribution in [0.1, 0.15) is 5.56 Å². The fourth-order valence-corrected chi connectivity index (χ4v) is 1.38. The monoisotopic (exact) mass is 201 g/mol. The molecule has 1 aliphatic rings. The molecule has 1 atom stereocenters. The van der Waals surface area contributed by atoms with Crippen molar-refractivity contribution in [2.45, 2.75) is 6.10 Å². The van der Waals surface area contributed by atoms with Gasteiger partial charge in [-0.05, 0) is 12.1 Å². The molecule has 76 valence electrons. The van der Waals surface area contributed by atoms with Crippen molar-refractivity contribution in [2.75, 3.05) is 0 Å². The number of benzene rings is 1. The first-order chi connectivity index (χ1) is 7.27. The SMILES string of the molecule is NC(=O)C1C=CC=Cc2ccccc2O1. The predicted molar refractivity (Wildman–Crippen MR) is 58.2 cm³/mol. The van der Waals surface area contributed by atoms with Crippen LogP contribution in [-0.2, 0) is 4.79 Å². The molecule has 1 amide bonds. The summed E-state index contributed by atoms with van der Waals surface area (Å²) in [5.74, 6) is 0.179. The fourth-order valence-electron chi connectivity index (χ4n) is 1.38. The number of hydrogen-bond donors (Lipinski definition) is 1. The fraction of sp³-hybridized carbons (Fsp3) is 0.0833. The lowest BCUT2D eigenvalue weighted by Gasteiger charge is -2.15. The largest absolute Gasteiger partial charge is 0.476 e. The van der Waals surface area contributed by atoms with Crippen LogP contribution >= 0.6 is 0 Å². The molecule has 3 nitrogen and oxygen atoms in total. The minimum Gasteiger partial charge on any atom is -0.476 e. The van der Waals surface area contributed by atoms with Gasteiger partial charge in [-0.2, -0.15) is 0 Å². The van der Waals surface area contributed by atoms with Gasteiger partial charge in [-0.1, -0.05) is 36.4 Å². The van der Waals surface area contributed by atoms with Gasteiger partial charge in [0, 0.05) is 5.56 Å². The zero-order valence-electron chi connectivity index (χ0n) is 8.09. The molecule has 1 aromatic carbocycles. The average molecular weight is 201 g/mol. The molecule has 0 saturated carbocycles. The van der Waals surface area contributed by atoms with Crippen LogP contribution in [0.3, 0.4) is 0 Å². The van der Waals surface area contributed by atoms with Crippen LogP contribution in [0.4, 0.5) is 0 Å². The molecule has 1 aromatic rings. The second-order valence-electron chi connectivity index (χ2n) is 3.22. The maximum atomic E-state index is 11.1. The normalized spacial score (nSPS) is 18.5. The molecule has 0 fully saturated rings. The summed E-state index contributed by atoms with van der Waals surface area (Å²) in [6, 6.07) is 7.50. The molecule has 0 bridgehead atoms. The molecule has 0 aromatic heterocycles. The minimum absolute atomic E-state index is 0.489. The molecule has 0 spiro atoms. The number of para-hydroxylation sites is 1. The van der Waals surface area contributed by atoms with Crippen molar-refractivity contribution in [1.29, 1.82) is 0 Å². The molecular formula is C12H11NO2. The molecule has 0 saturated heterocycles. The maximum Gasteiger partial charge on any atom is 0.262 e. The van der Waals surface area contributed by atoms with Crippen LogP contribution < -0.4 is 10.5 Å². The number of carbonyl (C=O) groups excluding carboxylic acids is 1. The van der Waals surface area contributed by atoms with E-state index >= 15 is 0 Å². The van der Waals surface area contributed by atoms with Crippen LogP contribution in [0.2, 0.25) is 0 Å². The number of carbonyl (C=O) groups is 1. The molecule has 1 heterocycles. The summed E-state index contributed by atoms with van der Waals surface area (Å²) in [6.07, 6.45) is 6.47. The molecule has 15 heavy (non-hydrogen) atoms. The Bertz CT molecular complexity index is 435. The van der Waals surface area contributed by atoms with Crippen LogP contribution in [-0.4, -0.2) is 12.0 Å². The molecule has 2 N–H and O–H groups in total. The van der Waals surface area contributed by atoms with E-state index in [1.165, 1.54) is 0 Å². The van der Waals surface area contributed by atoms with Gasteiger partial charge in [0.05, 0.1) is 0 Å². The number of fused-ring (bicyclic) bond motifs is 1. The summed E-state index contributed by atoms with van der Waals surface area (Å²) >= 11 is 0. The Hall–Kier alpha value is -2.03. The van der Waals surface area contributed by atoms with Gasteiger partial charge in [-0.25, -0.2) is 0 Å². The van der Waals surface area contributed by atoms with Gasteiger partial charge in [0.2, 0.25) is 0 Å². The molecular weight excluding hydrogens is 190 g/mol. The number of ether oxygens (including phenoxy) is 1. The maximum absolute atomic E-state index is 11.1. The lowest BCUT2D eigenvalue weighted by Crippen LogP contribution is -2.32. The average Bonchev–Trinajstić information content (AvgIpc) is 2.18. The standard InChI is InChI=1S/C12H11NO2/c13-12(14)11-8-4-2-6-9-5-1-3-7-10(9)15-11/h1-8,11H,(H2,13,14). The van der Waals surface area contributed by atoms with E-state index in [1.54, 1.807) is 12.2 Å². The number of rotatable bonds is 1. The third-order valence-electron chi connectivity index (χ3n) is 2.13.